The van der Waals surface area contributed by atoms with Gasteiger partial charge in [0.25, 0.3) is 11.1 Å². The molecule has 1 N–H and O–H groups in total. The maximum atomic E-state index is 12.6. The van der Waals surface area contributed by atoms with Crippen molar-refractivity contribution < 1.29 is 29.2 Å². The fraction of sp³-hybridized carbons (Fsp3) is 0.105. The van der Waals surface area contributed by atoms with E-state index in [-0.39, 0.29) is 16.2 Å². The lowest BCUT2D eigenvalue weighted by molar-refractivity contribution is -0.386. The van der Waals surface area contributed by atoms with Crippen molar-refractivity contribution in [3.63, 3.8) is 0 Å². The van der Waals surface area contributed by atoms with Gasteiger partial charge in [0, 0.05) is 16.7 Å². The molecule has 1 aliphatic heterocycles. The van der Waals surface area contributed by atoms with Gasteiger partial charge >= 0.3 is 5.69 Å². The molecule has 154 valence electrons. The number of phenolic OH excluding ortho intramolecular Hbond substituents is 1. The Kier molecular flexibility index (Phi) is 6.09. The van der Waals surface area contributed by atoms with E-state index in [4.69, 9.17) is 16.3 Å². The second-order valence-corrected chi connectivity index (χ2v) is 7.48. The Morgan fingerprint density at radius 1 is 1.30 bits per heavy atom. The van der Waals surface area contributed by atoms with Crippen LogP contribution in [-0.4, -0.2) is 45.5 Å². The van der Waals surface area contributed by atoms with Gasteiger partial charge in [-0.05, 0) is 53.7 Å². The lowest BCUT2D eigenvalue weighted by Gasteiger charge is -2.11. The Balaban J connectivity index is 1.86. The summed E-state index contributed by atoms with van der Waals surface area (Å²) in [5.74, 6) is -1.96. The molecule has 1 aliphatic rings. The minimum absolute atomic E-state index is 0.0223. The zero-order valence-corrected chi connectivity index (χ0v) is 16.9. The molecule has 0 saturated carbocycles. The van der Waals surface area contributed by atoms with E-state index in [1.165, 1.54) is 43.5 Å². The highest BCUT2D eigenvalue weighted by molar-refractivity contribution is 8.18. The molecule has 9 nitrogen and oxygen atoms in total. The number of rotatable bonds is 6. The maximum Gasteiger partial charge on any atom is 0.315 e. The maximum absolute atomic E-state index is 12.6. The molecule has 0 bridgehead atoms. The van der Waals surface area contributed by atoms with Gasteiger partial charge in [0.15, 0.2) is 11.5 Å². The van der Waals surface area contributed by atoms with E-state index in [9.17, 15) is 29.6 Å². The molecular weight excluding hydrogens is 436 g/mol. The second-order valence-electron chi connectivity index (χ2n) is 6.05. The number of halogens is 1. The third kappa shape index (κ3) is 4.29. The number of nitro benzene ring substituents is 1. The van der Waals surface area contributed by atoms with Crippen molar-refractivity contribution >= 4 is 52.1 Å². The van der Waals surface area contributed by atoms with Gasteiger partial charge in [-0.2, -0.15) is 0 Å². The molecule has 0 aliphatic carbocycles. The van der Waals surface area contributed by atoms with Gasteiger partial charge in [-0.3, -0.25) is 29.4 Å². The number of benzene rings is 2. The van der Waals surface area contributed by atoms with E-state index in [1.807, 2.05) is 0 Å². The molecule has 0 spiro atoms. The average molecular weight is 449 g/mol. The van der Waals surface area contributed by atoms with Crippen LogP contribution in [0.3, 0.4) is 0 Å². The predicted octanol–water partition coefficient (Wildman–Crippen LogP) is 3.88. The van der Waals surface area contributed by atoms with Gasteiger partial charge in [0.05, 0.1) is 23.5 Å². The first-order valence-electron chi connectivity index (χ1n) is 8.30. The fourth-order valence-corrected chi connectivity index (χ4v) is 3.61. The molecule has 0 aromatic heterocycles. The summed E-state index contributed by atoms with van der Waals surface area (Å²) in [6, 6.07) is 8.35. The SMILES string of the molecule is COc1cc(/C=C2/SC(=O)N(CC(=O)c3ccc(Cl)cc3)C2=O)cc([N+](=O)[O-])c1O. The van der Waals surface area contributed by atoms with Crippen molar-refractivity contribution in [3.8, 4) is 11.5 Å². The Morgan fingerprint density at radius 3 is 2.57 bits per heavy atom. The van der Waals surface area contributed by atoms with Gasteiger partial charge in [-0.1, -0.05) is 11.6 Å². The van der Waals surface area contributed by atoms with Crippen LogP contribution in [0.2, 0.25) is 5.02 Å². The quantitative estimate of drug-likeness (QED) is 0.305. The number of nitrogens with zero attached hydrogens (tertiary/aromatic N) is 2. The monoisotopic (exact) mass is 448 g/mol. The number of ketones is 1. The Hall–Kier alpha value is -3.37. The van der Waals surface area contributed by atoms with Crippen molar-refractivity contribution in [2.24, 2.45) is 0 Å². The number of phenols is 1. The van der Waals surface area contributed by atoms with Crippen molar-refractivity contribution in [1.29, 1.82) is 0 Å². The van der Waals surface area contributed by atoms with Crippen molar-refractivity contribution in [2.75, 3.05) is 13.7 Å². The number of hydrogen-bond acceptors (Lipinski definition) is 8. The molecule has 1 heterocycles. The summed E-state index contributed by atoms with van der Waals surface area (Å²) in [4.78, 5) is 48.3. The molecule has 0 atom stereocenters. The van der Waals surface area contributed by atoms with Crippen LogP contribution in [-0.2, 0) is 4.79 Å². The molecule has 11 heteroatoms. The molecule has 0 radical (unpaired) electrons. The van der Waals surface area contributed by atoms with E-state index in [0.29, 0.717) is 22.3 Å². The number of hydrogen-bond donors (Lipinski definition) is 1. The summed E-state index contributed by atoms with van der Waals surface area (Å²) >= 11 is 6.38. The largest absolute Gasteiger partial charge is 0.500 e. The van der Waals surface area contributed by atoms with E-state index in [0.717, 1.165) is 11.0 Å². The summed E-state index contributed by atoms with van der Waals surface area (Å²) in [5, 5.41) is 20.8. The van der Waals surface area contributed by atoms with Crippen LogP contribution in [0.4, 0.5) is 10.5 Å². The highest BCUT2D eigenvalue weighted by atomic mass is 35.5. The van der Waals surface area contributed by atoms with Crippen molar-refractivity contribution in [2.45, 2.75) is 0 Å². The number of nitro groups is 1. The Morgan fingerprint density at radius 2 is 1.97 bits per heavy atom. The van der Waals surface area contributed by atoms with Crippen LogP contribution in [0.5, 0.6) is 11.5 Å². The van der Waals surface area contributed by atoms with E-state index in [1.54, 1.807) is 0 Å². The minimum atomic E-state index is -0.800. The van der Waals surface area contributed by atoms with Crippen molar-refractivity contribution in [3.05, 3.63) is 67.6 Å². The molecule has 3 rings (SSSR count). The molecule has 1 saturated heterocycles. The fourth-order valence-electron chi connectivity index (χ4n) is 2.65. The first-order chi connectivity index (χ1) is 14.2. The predicted molar refractivity (Wildman–Crippen MR) is 110 cm³/mol. The van der Waals surface area contributed by atoms with Crippen LogP contribution in [0.25, 0.3) is 6.08 Å². The van der Waals surface area contributed by atoms with E-state index in [2.05, 4.69) is 0 Å². The zero-order valence-electron chi connectivity index (χ0n) is 15.3. The van der Waals surface area contributed by atoms with Gasteiger partial charge in [0.1, 0.15) is 0 Å². The van der Waals surface area contributed by atoms with Gasteiger partial charge in [-0.25, -0.2) is 0 Å². The Labute approximate surface area is 179 Å². The highest BCUT2D eigenvalue weighted by Crippen LogP contribution is 2.39. The molecular formula is C19H13ClN2O7S. The third-order valence-electron chi connectivity index (χ3n) is 4.13. The normalized spacial score (nSPS) is 15.0. The molecule has 2 amide bonds. The van der Waals surface area contributed by atoms with E-state index < -0.39 is 39.8 Å². The first kappa shape index (κ1) is 21.3. The van der Waals surface area contributed by atoms with Gasteiger partial charge in [-0.15, -0.1) is 0 Å². The van der Waals surface area contributed by atoms with Gasteiger partial charge < -0.3 is 9.84 Å². The zero-order chi connectivity index (χ0) is 22.0. The highest BCUT2D eigenvalue weighted by Gasteiger charge is 2.36. The number of carbonyl (C=O) groups excluding carboxylic acids is 3. The number of amides is 2. The first-order valence-corrected chi connectivity index (χ1v) is 9.50. The third-order valence-corrected chi connectivity index (χ3v) is 5.29. The molecule has 30 heavy (non-hydrogen) atoms. The van der Waals surface area contributed by atoms with Crippen LogP contribution in [0.15, 0.2) is 41.3 Å². The summed E-state index contributed by atoms with van der Waals surface area (Å²) < 4.78 is 4.91. The summed E-state index contributed by atoms with van der Waals surface area (Å²) in [7, 11) is 1.22. The lowest BCUT2D eigenvalue weighted by Crippen LogP contribution is -2.33. The van der Waals surface area contributed by atoms with Crippen LogP contribution in [0.1, 0.15) is 15.9 Å². The topological polar surface area (TPSA) is 127 Å². The average Bonchev–Trinajstić information content (AvgIpc) is 2.96. The van der Waals surface area contributed by atoms with Crippen molar-refractivity contribution in [1.82, 2.24) is 4.90 Å². The van der Waals surface area contributed by atoms with Gasteiger partial charge in [0.2, 0.25) is 5.75 Å². The molecule has 2 aromatic rings. The number of methoxy groups -OCH3 is 1. The smallest absolute Gasteiger partial charge is 0.315 e. The van der Waals surface area contributed by atoms with Crippen LogP contribution >= 0.6 is 23.4 Å². The number of carbonyl (C=O) groups is 3. The number of thioether (sulfide) groups is 1. The molecule has 1 fully saturated rings. The van der Waals surface area contributed by atoms with E-state index >= 15 is 0 Å². The number of ether oxygens (including phenoxy) is 1. The number of imide groups is 1. The summed E-state index contributed by atoms with van der Waals surface area (Å²) in [6.07, 6.45) is 1.26. The lowest BCUT2D eigenvalue weighted by atomic mass is 10.1. The Bertz CT molecular complexity index is 1100. The summed E-state index contributed by atoms with van der Waals surface area (Å²) in [5.41, 5.74) is -0.148. The molecule has 0 unspecified atom stereocenters. The number of Topliss-reactive ketones (excluding diaryl/α,β-unsaturated/α-hetero) is 1. The number of aromatic hydroxyl groups is 1. The van der Waals surface area contributed by atoms with Crippen LogP contribution < -0.4 is 4.74 Å². The second kappa shape index (κ2) is 8.56. The summed E-state index contributed by atoms with van der Waals surface area (Å²) in [6.45, 7) is -0.456. The molecule has 2 aromatic carbocycles. The minimum Gasteiger partial charge on any atom is -0.500 e. The standard InChI is InChI=1S/C19H13ClN2O7S/c1-29-15-7-10(6-13(17(15)24)22(27)28)8-16-18(25)21(19(26)30-16)9-14(23)11-2-4-12(20)5-3-11/h2-8,24H,9H2,1H3/b16-8+. The van der Waals surface area contributed by atoms with Crippen LogP contribution in [0, 0.1) is 10.1 Å².